The van der Waals surface area contributed by atoms with Crippen molar-refractivity contribution in [1.29, 1.82) is 0 Å². The molecule has 202 valence electrons. The predicted molar refractivity (Wildman–Crippen MR) is 128 cm³/mol. The van der Waals surface area contributed by atoms with Crippen LogP contribution in [0.3, 0.4) is 0 Å². The molecule has 1 aliphatic rings. The van der Waals surface area contributed by atoms with Gasteiger partial charge < -0.3 is 24.2 Å². The van der Waals surface area contributed by atoms with E-state index in [1.54, 1.807) is 13.8 Å². The average Bonchev–Trinajstić information content (AvgIpc) is 3.03. The number of carbonyl (C=O) groups is 1. The van der Waals surface area contributed by atoms with Gasteiger partial charge in [0.05, 0.1) is 6.10 Å². The molecule has 7 atom stereocenters. The number of nitrogens with one attached hydrogen (secondary N) is 1. The Balaban J connectivity index is 1.92. The van der Waals surface area contributed by atoms with E-state index >= 15 is 4.39 Å². The Morgan fingerprint density at radius 2 is 1.95 bits per heavy atom. The van der Waals surface area contributed by atoms with Crippen molar-refractivity contribution in [2.45, 2.75) is 70.2 Å². The van der Waals surface area contributed by atoms with Crippen molar-refractivity contribution in [1.82, 2.24) is 9.55 Å². The molecule has 1 saturated heterocycles. The minimum Gasteiger partial charge on any atom is -0.583 e. The number of halogens is 2. The molecule has 1 aromatic carbocycles. The summed E-state index contributed by atoms with van der Waals surface area (Å²) in [5.74, 6) is -0.616. The van der Waals surface area contributed by atoms with Crippen molar-refractivity contribution in [3.63, 3.8) is 0 Å². The molecule has 0 radical (unpaired) electrons. The van der Waals surface area contributed by atoms with Gasteiger partial charge >= 0.3 is 19.8 Å². The number of alkyl halides is 1. The Hall–Kier alpha value is -2.67. The van der Waals surface area contributed by atoms with Gasteiger partial charge in [0.15, 0.2) is 24.0 Å². The maximum absolute atomic E-state index is 15.7. The monoisotopic (exact) mass is 561 g/mol. The minimum atomic E-state index is -2.97. The van der Waals surface area contributed by atoms with Gasteiger partial charge in [-0.25, -0.2) is 14.0 Å². The number of nitrogens with zero attached hydrogens (tertiary/aromatic N) is 2. The molecule has 0 amide bonds. The summed E-state index contributed by atoms with van der Waals surface area (Å²) < 4.78 is 41.9. The van der Waals surface area contributed by atoms with Gasteiger partial charge in [-0.2, -0.15) is 0 Å². The van der Waals surface area contributed by atoms with Crippen molar-refractivity contribution in [2.24, 2.45) is 4.74 Å². The average molecular weight is 562 g/mol. The second kappa shape index (κ2) is 11.8. The van der Waals surface area contributed by atoms with Gasteiger partial charge in [0.2, 0.25) is 0 Å². The topological polar surface area (TPSA) is 164 Å². The van der Waals surface area contributed by atoms with E-state index in [0.29, 0.717) is 5.02 Å². The van der Waals surface area contributed by atoms with E-state index in [2.05, 4.69) is 4.74 Å². The summed E-state index contributed by atoms with van der Waals surface area (Å²) in [5, 5.41) is 11.2. The molecule has 3 rings (SSSR count). The molecule has 2 aromatic rings. The normalized spacial score (nSPS) is 25.6. The summed E-state index contributed by atoms with van der Waals surface area (Å²) in [6.45, 7) is 5.59. The van der Waals surface area contributed by atoms with Crippen LogP contribution in [0.25, 0.3) is 0 Å². The van der Waals surface area contributed by atoms with Crippen LogP contribution in [-0.4, -0.2) is 56.9 Å². The number of hydrogen-bond donors (Lipinski definition) is 2. The maximum Gasteiger partial charge on any atom is 0.346 e. The summed E-state index contributed by atoms with van der Waals surface area (Å²) in [5.41, 5.74) is -4.29. The lowest BCUT2D eigenvalue weighted by Gasteiger charge is -2.25. The third-order valence-corrected chi connectivity index (χ3v) is 6.43. The molecule has 15 heteroatoms. The van der Waals surface area contributed by atoms with Crippen molar-refractivity contribution < 1.29 is 37.9 Å². The molecule has 1 aliphatic heterocycles. The molecule has 3 unspecified atom stereocenters. The molecule has 2 N–H and O–H groups in total. The highest BCUT2D eigenvalue weighted by molar-refractivity contribution is 7.33. The number of aromatic amines is 1. The Morgan fingerprint density at radius 3 is 2.54 bits per heavy atom. The zero-order chi connectivity index (χ0) is 27.5. The van der Waals surface area contributed by atoms with E-state index < -0.39 is 67.9 Å². The SMILES string of the molecule is CC(C)OC(=O)C(C)/N=[P+](\[O-])OC(Oc1ccc(Cl)cc1)[C@@H]1O[C@@H](n2ccc(=O)[nH]c2=O)[C@](C)(F)[C@@H]1O. The fourth-order valence-electron chi connectivity index (χ4n) is 3.42. The number of H-pyrrole nitrogens is 1. The van der Waals surface area contributed by atoms with Gasteiger partial charge in [-0.05, 0) is 52.0 Å². The number of hydrogen-bond acceptors (Lipinski definition) is 10. The molecule has 0 bridgehead atoms. The van der Waals surface area contributed by atoms with E-state index in [1.807, 2.05) is 4.98 Å². The first kappa shape index (κ1) is 28.9. The fraction of sp³-hybridized carbons (Fsp3) is 0.500. The van der Waals surface area contributed by atoms with Gasteiger partial charge in [0.1, 0.15) is 11.9 Å². The fourth-order valence-corrected chi connectivity index (χ4v) is 4.32. The standard InChI is InChI=1S/C22H26ClFN3O9P/c1-11(2)33-18(30)12(3)26-37(32)36-19(34-14-7-5-13(23)6-8-14)16-17(29)22(4,24)20(35-16)27-10-9-15(28)25-21(27)31/h5-12,16-17,19-20,29H,1-4H3,(H,25,28,31)/t12?,16-,17-,19?,20-,22-/m1/s1. The third kappa shape index (κ3) is 7.01. The van der Waals surface area contributed by atoms with E-state index in [4.69, 9.17) is 30.3 Å². The number of aromatic nitrogens is 2. The van der Waals surface area contributed by atoms with Crippen LogP contribution in [0.4, 0.5) is 4.39 Å². The number of carbonyl (C=O) groups excluding carboxylic acids is 1. The highest BCUT2D eigenvalue weighted by Crippen LogP contribution is 2.43. The molecule has 12 nitrogen and oxygen atoms in total. The zero-order valence-electron chi connectivity index (χ0n) is 20.2. The number of esters is 1. The number of benzene rings is 1. The van der Waals surface area contributed by atoms with Crippen molar-refractivity contribution in [2.75, 3.05) is 0 Å². The van der Waals surface area contributed by atoms with Gasteiger partial charge in [-0.15, -0.1) is 4.52 Å². The van der Waals surface area contributed by atoms with Gasteiger partial charge in [0, 0.05) is 17.3 Å². The van der Waals surface area contributed by atoms with Crippen LogP contribution in [0.2, 0.25) is 5.02 Å². The van der Waals surface area contributed by atoms with Gasteiger partial charge in [-0.1, -0.05) is 16.3 Å². The Bertz CT molecular complexity index is 1250. The first-order valence-corrected chi connectivity index (χ1v) is 12.6. The van der Waals surface area contributed by atoms with Crippen LogP contribution < -0.4 is 20.9 Å². The molecule has 37 heavy (non-hydrogen) atoms. The smallest absolute Gasteiger partial charge is 0.346 e. The van der Waals surface area contributed by atoms with Gasteiger partial charge in [0.25, 0.3) is 11.8 Å². The summed E-state index contributed by atoms with van der Waals surface area (Å²) >= 11 is 5.89. The Kier molecular flexibility index (Phi) is 9.22. The van der Waals surface area contributed by atoms with Gasteiger partial charge in [-0.3, -0.25) is 14.3 Å². The maximum atomic E-state index is 15.7. The second-order valence-corrected chi connectivity index (χ2v) is 9.98. The summed E-state index contributed by atoms with van der Waals surface area (Å²) in [6.07, 6.45) is -6.46. The number of aliphatic hydroxyl groups is 1. The van der Waals surface area contributed by atoms with E-state index in [0.717, 1.165) is 23.8 Å². The highest BCUT2D eigenvalue weighted by atomic mass is 35.5. The number of ether oxygens (including phenoxy) is 3. The van der Waals surface area contributed by atoms with Crippen LogP contribution in [0.5, 0.6) is 5.75 Å². The third-order valence-electron chi connectivity index (χ3n) is 5.25. The Morgan fingerprint density at radius 1 is 1.30 bits per heavy atom. The van der Waals surface area contributed by atoms with E-state index in [9.17, 15) is 24.4 Å². The molecule has 0 spiro atoms. The second-order valence-electron chi connectivity index (χ2n) is 8.63. The summed E-state index contributed by atoms with van der Waals surface area (Å²) in [6, 6.07) is 5.64. The lowest BCUT2D eigenvalue weighted by molar-refractivity contribution is -0.206. The summed E-state index contributed by atoms with van der Waals surface area (Å²) in [4.78, 5) is 50.4. The van der Waals surface area contributed by atoms with Crippen LogP contribution in [0.15, 0.2) is 50.9 Å². The molecule has 0 aliphatic carbocycles. The van der Waals surface area contributed by atoms with Crippen LogP contribution in [0, 0.1) is 0 Å². The zero-order valence-corrected chi connectivity index (χ0v) is 21.9. The Labute approximate surface area is 216 Å². The molecule has 1 aromatic heterocycles. The van der Waals surface area contributed by atoms with Crippen LogP contribution >= 0.6 is 19.8 Å². The highest BCUT2D eigenvalue weighted by Gasteiger charge is 2.59. The van der Waals surface area contributed by atoms with Crippen molar-refractivity contribution in [3.8, 4) is 5.75 Å². The molecule has 1 fully saturated rings. The molecule has 2 heterocycles. The van der Waals surface area contributed by atoms with Crippen molar-refractivity contribution >= 4 is 25.7 Å². The first-order chi connectivity index (χ1) is 17.3. The van der Waals surface area contributed by atoms with E-state index in [-0.39, 0.29) is 5.75 Å². The predicted octanol–water partition coefficient (Wildman–Crippen LogP) is 1.79. The van der Waals surface area contributed by atoms with Crippen molar-refractivity contribution in [3.05, 3.63) is 62.4 Å². The molecular formula is C22H26ClFN3O9P. The number of rotatable bonds is 9. The molecule has 0 saturated carbocycles. The quantitative estimate of drug-likeness (QED) is 0.264. The lowest BCUT2D eigenvalue weighted by atomic mass is 9.98. The lowest BCUT2D eigenvalue weighted by Crippen LogP contribution is -2.46. The molecular weight excluding hydrogens is 536 g/mol. The largest absolute Gasteiger partial charge is 0.583 e. The van der Waals surface area contributed by atoms with Crippen LogP contribution in [-0.2, 0) is 18.8 Å². The first-order valence-electron chi connectivity index (χ1n) is 11.1. The minimum absolute atomic E-state index is 0.131. The van der Waals surface area contributed by atoms with E-state index in [1.165, 1.54) is 31.2 Å². The summed E-state index contributed by atoms with van der Waals surface area (Å²) in [7, 11) is -2.97. The van der Waals surface area contributed by atoms with Crippen LogP contribution in [0.1, 0.15) is 33.9 Å². The number of aliphatic hydroxyl groups excluding tert-OH is 1.